The molecule has 34 heavy (non-hydrogen) atoms. The van der Waals surface area contributed by atoms with E-state index in [1.807, 2.05) is 6.92 Å². The summed E-state index contributed by atoms with van der Waals surface area (Å²) in [5.41, 5.74) is 2.33. The largest absolute Gasteiger partial charge is 0.444 e. The van der Waals surface area contributed by atoms with Crippen LogP contribution in [0.3, 0.4) is 0 Å². The summed E-state index contributed by atoms with van der Waals surface area (Å²) in [5.74, 6) is -1.46. The number of esters is 1. The second-order valence-corrected chi connectivity index (χ2v) is 7.57. The van der Waals surface area contributed by atoms with E-state index in [0.29, 0.717) is 23.2 Å². The second-order valence-electron chi connectivity index (χ2n) is 7.57. The molecular weight excluding hydrogens is 438 g/mol. The van der Waals surface area contributed by atoms with Crippen LogP contribution in [0.15, 0.2) is 66.7 Å². The standard InChI is InChI=1S/C24H21N5O5/c1-3-28-20-12-10-17(14-19(20)26-27-28)24(31)34-22(16-7-5-4-6-8-16)23(30)25-18-11-9-15(2)13-21(18)29(32)33/h4-14,22H,3H2,1-2H3,(H,25,30). The van der Waals surface area contributed by atoms with Gasteiger partial charge in [-0.3, -0.25) is 14.9 Å². The van der Waals surface area contributed by atoms with Crippen LogP contribution in [-0.4, -0.2) is 31.8 Å². The number of benzene rings is 3. The first kappa shape index (κ1) is 22.6. The van der Waals surface area contributed by atoms with Gasteiger partial charge in [0, 0.05) is 18.2 Å². The number of hydrogen-bond donors (Lipinski definition) is 1. The van der Waals surface area contributed by atoms with Crippen molar-refractivity contribution >= 4 is 34.3 Å². The fourth-order valence-corrected chi connectivity index (χ4v) is 3.51. The summed E-state index contributed by atoms with van der Waals surface area (Å²) >= 11 is 0. The van der Waals surface area contributed by atoms with Crippen LogP contribution < -0.4 is 5.32 Å². The highest BCUT2D eigenvalue weighted by Gasteiger charge is 2.28. The highest BCUT2D eigenvalue weighted by atomic mass is 16.6. The van der Waals surface area contributed by atoms with E-state index in [4.69, 9.17) is 4.74 Å². The van der Waals surface area contributed by atoms with Crippen molar-refractivity contribution in [1.82, 2.24) is 15.0 Å². The lowest BCUT2D eigenvalue weighted by Gasteiger charge is -2.18. The van der Waals surface area contributed by atoms with Crippen LogP contribution in [0.25, 0.3) is 11.0 Å². The Balaban J connectivity index is 1.63. The second kappa shape index (κ2) is 9.49. The zero-order chi connectivity index (χ0) is 24.2. The fourth-order valence-electron chi connectivity index (χ4n) is 3.51. The van der Waals surface area contributed by atoms with E-state index in [-0.39, 0.29) is 16.9 Å². The van der Waals surface area contributed by atoms with E-state index in [9.17, 15) is 19.7 Å². The summed E-state index contributed by atoms with van der Waals surface area (Å²) in [6, 6.07) is 17.7. The lowest BCUT2D eigenvalue weighted by molar-refractivity contribution is -0.384. The average molecular weight is 459 g/mol. The lowest BCUT2D eigenvalue weighted by Crippen LogP contribution is -2.26. The Morgan fingerprint density at radius 1 is 1.12 bits per heavy atom. The fraction of sp³-hybridized carbons (Fsp3) is 0.167. The molecule has 0 aliphatic heterocycles. The van der Waals surface area contributed by atoms with Gasteiger partial charge in [0.05, 0.1) is 16.0 Å². The Labute approximate surface area is 194 Å². The van der Waals surface area contributed by atoms with Gasteiger partial charge in [-0.25, -0.2) is 9.48 Å². The van der Waals surface area contributed by atoms with Crippen molar-refractivity contribution in [2.24, 2.45) is 0 Å². The molecule has 10 nitrogen and oxygen atoms in total. The van der Waals surface area contributed by atoms with Gasteiger partial charge < -0.3 is 10.1 Å². The smallest absolute Gasteiger partial charge is 0.339 e. The molecule has 0 saturated heterocycles. The molecule has 0 radical (unpaired) electrons. The number of aryl methyl sites for hydroxylation is 2. The minimum atomic E-state index is -1.34. The highest BCUT2D eigenvalue weighted by molar-refractivity contribution is 6.00. The highest BCUT2D eigenvalue weighted by Crippen LogP contribution is 2.28. The number of anilines is 1. The van der Waals surface area contributed by atoms with Gasteiger partial charge in [-0.05, 0) is 43.7 Å². The summed E-state index contributed by atoms with van der Waals surface area (Å²) in [6.07, 6.45) is -1.34. The number of rotatable bonds is 7. The van der Waals surface area contributed by atoms with Crippen LogP contribution in [0.2, 0.25) is 0 Å². The number of carbonyl (C=O) groups is 2. The lowest BCUT2D eigenvalue weighted by atomic mass is 10.1. The van der Waals surface area contributed by atoms with Crippen LogP contribution in [-0.2, 0) is 16.1 Å². The molecule has 0 saturated carbocycles. The molecule has 0 bridgehead atoms. The maximum absolute atomic E-state index is 13.2. The summed E-state index contributed by atoms with van der Waals surface area (Å²) in [5, 5.41) is 22.1. The third kappa shape index (κ3) is 4.60. The zero-order valence-electron chi connectivity index (χ0n) is 18.5. The number of nitro groups is 1. The van der Waals surface area contributed by atoms with Crippen molar-refractivity contribution in [1.29, 1.82) is 0 Å². The van der Waals surface area contributed by atoms with Crippen LogP contribution in [0, 0.1) is 17.0 Å². The van der Waals surface area contributed by atoms with Crippen molar-refractivity contribution < 1.29 is 19.2 Å². The van der Waals surface area contributed by atoms with Gasteiger partial charge in [0.25, 0.3) is 11.6 Å². The minimum Gasteiger partial charge on any atom is -0.444 e. The molecule has 4 aromatic rings. The number of fused-ring (bicyclic) bond motifs is 1. The van der Waals surface area contributed by atoms with Gasteiger partial charge in [0.15, 0.2) is 0 Å². The molecule has 0 aliphatic rings. The van der Waals surface area contributed by atoms with Gasteiger partial charge in [0.2, 0.25) is 6.10 Å². The third-order valence-corrected chi connectivity index (χ3v) is 5.22. The number of ether oxygens (including phenoxy) is 1. The molecule has 1 unspecified atom stereocenters. The van der Waals surface area contributed by atoms with Crippen LogP contribution >= 0.6 is 0 Å². The number of aromatic nitrogens is 3. The molecule has 0 aliphatic carbocycles. The Bertz CT molecular complexity index is 1380. The molecule has 1 atom stereocenters. The average Bonchev–Trinajstić information content (AvgIpc) is 3.26. The summed E-state index contributed by atoms with van der Waals surface area (Å²) in [4.78, 5) is 37.0. The molecule has 1 aromatic heterocycles. The van der Waals surface area contributed by atoms with Crippen LogP contribution in [0.1, 0.15) is 34.5 Å². The Kier molecular flexibility index (Phi) is 6.30. The Morgan fingerprint density at radius 2 is 1.88 bits per heavy atom. The predicted molar refractivity (Wildman–Crippen MR) is 124 cm³/mol. The van der Waals surface area contributed by atoms with Crippen molar-refractivity contribution in [2.75, 3.05) is 5.32 Å². The molecule has 172 valence electrons. The maximum atomic E-state index is 13.2. The van der Waals surface area contributed by atoms with Crippen molar-refractivity contribution in [2.45, 2.75) is 26.5 Å². The van der Waals surface area contributed by atoms with Crippen molar-refractivity contribution in [3.63, 3.8) is 0 Å². The summed E-state index contributed by atoms with van der Waals surface area (Å²) < 4.78 is 7.28. The number of nitrogens with zero attached hydrogens (tertiary/aromatic N) is 4. The zero-order valence-corrected chi connectivity index (χ0v) is 18.5. The molecular formula is C24H21N5O5. The van der Waals surface area contributed by atoms with Crippen molar-refractivity contribution in [3.05, 3.63) is 93.5 Å². The first-order chi connectivity index (χ1) is 16.4. The van der Waals surface area contributed by atoms with Gasteiger partial charge >= 0.3 is 5.97 Å². The number of hydrogen-bond acceptors (Lipinski definition) is 7. The molecule has 4 rings (SSSR count). The first-order valence-electron chi connectivity index (χ1n) is 10.5. The minimum absolute atomic E-state index is 0.00943. The van der Waals surface area contributed by atoms with Crippen molar-refractivity contribution in [3.8, 4) is 0 Å². The van der Waals surface area contributed by atoms with Gasteiger partial charge in [-0.15, -0.1) is 5.10 Å². The maximum Gasteiger partial charge on any atom is 0.339 e. The molecule has 3 aromatic carbocycles. The van der Waals surface area contributed by atoms with Crippen LogP contribution in [0.4, 0.5) is 11.4 Å². The molecule has 10 heteroatoms. The molecule has 0 spiro atoms. The molecule has 1 amide bonds. The first-order valence-corrected chi connectivity index (χ1v) is 10.5. The van der Waals surface area contributed by atoms with Gasteiger partial charge in [0.1, 0.15) is 11.2 Å². The van der Waals surface area contributed by atoms with Gasteiger partial charge in [-0.1, -0.05) is 41.6 Å². The number of carbonyl (C=O) groups excluding carboxylic acids is 2. The van der Waals surface area contributed by atoms with E-state index >= 15 is 0 Å². The number of nitrogens with one attached hydrogen (secondary N) is 1. The summed E-state index contributed by atoms with van der Waals surface area (Å²) in [7, 11) is 0. The van der Waals surface area contributed by atoms with E-state index in [1.54, 1.807) is 66.2 Å². The third-order valence-electron chi connectivity index (χ3n) is 5.22. The Morgan fingerprint density at radius 3 is 2.59 bits per heavy atom. The Hall–Kier alpha value is -4.60. The van der Waals surface area contributed by atoms with Gasteiger partial charge in [-0.2, -0.15) is 0 Å². The van der Waals surface area contributed by atoms with Crippen LogP contribution in [0.5, 0.6) is 0 Å². The topological polar surface area (TPSA) is 129 Å². The quantitative estimate of drug-likeness (QED) is 0.249. The molecule has 1 heterocycles. The summed E-state index contributed by atoms with van der Waals surface area (Å²) in [6.45, 7) is 4.27. The SMILES string of the molecule is CCn1nnc2cc(C(=O)OC(C(=O)Nc3ccc(C)cc3[N+](=O)[O-])c3ccccc3)ccc21. The van der Waals surface area contributed by atoms with E-state index < -0.39 is 22.9 Å². The van der Waals surface area contributed by atoms with E-state index in [0.717, 1.165) is 5.52 Å². The number of amides is 1. The predicted octanol–water partition coefficient (Wildman–Crippen LogP) is 4.20. The number of nitro benzene ring substituents is 1. The molecule has 0 fully saturated rings. The molecule has 1 N–H and O–H groups in total. The normalized spacial score (nSPS) is 11.7. The van der Waals surface area contributed by atoms with E-state index in [2.05, 4.69) is 15.6 Å². The van der Waals surface area contributed by atoms with E-state index in [1.165, 1.54) is 12.1 Å². The monoisotopic (exact) mass is 459 g/mol.